The van der Waals surface area contributed by atoms with Gasteiger partial charge in [0.05, 0.1) is 0 Å². The standard InChI is InChI=1S/C37H46FN.C5H10/c1-5-29(25-30-13-9-7-10-14-30)26-31(6-2)27(3)39-28(4)32-17-19-34(20-18-32)37(33-15-11-8-12-16-33)35-21-23-36(38)24-22-35;1-5-3-2-4-5/h5-6,17-24,26,28,30,39H,1,3,7-16,25H2,2,4H3;5H,2-4H2,1H3/b29-26+,31-6+;. The van der Waals surface area contributed by atoms with Crippen molar-refractivity contribution >= 4 is 5.57 Å². The van der Waals surface area contributed by atoms with Crippen LogP contribution in [-0.4, -0.2) is 0 Å². The minimum Gasteiger partial charge on any atom is -0.379 e. The van der Waals surface area contributed by atoms with Crippen LogP contribution >= 0.6 is 0 Å². The van der Waals surface area contributed by atoms with Crippen LogP contribution < -0.4 is 5.32 Å². The molecule has 44 heavy (non-hydrogen) atoms. The zero-order valence-electron chi connectivity index (χ0n) is 27.8. The summed E-state index contributed by atoms with van der Waals surface area (Å²) >= 11 is 0. The molecular weight excluding hydrogens is 537 g/mol. The van der Waals surface area contributed by atoms with Crippen molar-refractivity contribution in [1.29, 1.82) is 0 Å². The molecule has 0 amide bonds. The summed E-state index contributed by atoms with van der Waals surface area (Å²) in [5.74, 6) is 1.66. The van der Waals surface area contributed by atoms with Crippen LogP contribution in [0.15, 0.2) is 102 Å². The second kappa shape index (κ2) is 17.4. The molecule has 1 nitrogen and oxygen atoms in total. The van der Waals surface area contributed by atoms with Crippen molar-refractivity contribution < 1.29 is 4.39 Å². The van der Waals surface area contributed by atoms with Gasteiger partial charge >= 0.3 is 0 Å². The van der Waals surface area contributed by atoms with E-state index in [0.29, 0.717) is 0 Å². The van der Waals surface area contributed by atoms with Crippen molar-refractivity contribution in [3.8, 4) is 0 Å². The number of benzene rings is 2. The molecule has 1 N–H and O–H groups in total. The summed E-state index contributed by atoms with van der Waals surface area (Å²) in [4.78, 5) is 0. The molecule has 0 aromatic heterocycles. The molecule has 2 heteroatoms. The number of hydrogen-bond acceptors (Lipinski definition) is 1. The van der Waals surface area contributed by atoms with Gasteiger partial charge in [-0.15, -0.1) is 0 Å². The summed E-state index contributed by atoms with van der Waals surface area (Å²) in [7, 11) is 0. The van der Waals surface area contributed by atoms with E-state index in [1.807, 2.05) is 18.2 Å². The first-order chi connectivity index (χ1) is 21.4. The minimum atomic E-state index is -0.188. The topological polar surface area (TPSA) is 12.0 Å². The van der Waals surface area contributed by atoms with Crippen LogP contribution in [0.25, 0.3) is 5.57 Å². The molecule has 3 saturated carbocycles. The van der Waals surface area contributed by atoms with Crippen molar-refractivity contribution in [2.45, 2.75) is 117 Å². The zero-order valence-corrected chi connectivity index (χ0v) is 27.8. The monoisotopic (exact) mass is 593 g/mol. The molecule has 0 spiro atoms. The van der Waals surface area contributed by atoms with Gasteiger partial charge in [0.25, 0.3) is 0 Å². The summed E-state index contributed by atoms with van der Waals surface area (Å²) in [6, 6.07) is 16.0. The fourth-order valence-corrected chi connectivity index (χ4v) is 6.87. The molecule has 0 heterocycles. The Balaban J connectivity index is 0.000000802. The van der Waals surface area contributed by atoms with E-state index in [1.165, 1.54) is 98.5 Å². The van der Waals surface area contributed by atoms with E-state index in [1.54, 1.807) is 12.1 Å². The Morgan fingerprint density at radius 1 is 0.864 bits per heavy atom. The Morgan fingerprint density at radius 2 is 1.43 bits per heavy atom. The Morgan fingerprint density at radius 3 is 1.95 bits per heavy atom. The summed E-state index contributed by atoms with van der Waals surface area (Å²) < 4.78 is 13.7. The highest BCUT2D eigenvalue weighted by molar-refractivity contribution is 5.82. The maximum absolute atomic E-state index is 13.7. The maximum Gasteiger partial charge on any atom is 0.123 e. The van der Waals surface area contributed by atoms with Gasteiger partial charge in [0.15, 0.2) is 0 Å². The van der Waals surface area contributed by atoms with Crippen LogP contribution in [0, 0.1) is 17.7 Å². The number of rotatable bonds is 10. The van der Waals surface area contributed by atoms with Crippen LogP contribution in [0.3, 0.4) is 0 Å². The van der Waals surface area contributed by atoms with Gasteiger partial charge in [-0.1, -0.05) is 138 Å². The fraction of sp³-hybridized carbons (Fsp3) is 0.476. The predicted molar refractivity (Wildman–Crippen MR) is 189 cm³/mol. The lowest BCUT2D eigenvalue weighted by molar-refractivity contribution is 0.346. The molecule has 3 aliphatic rings. The summed E-state index contributed by atoms with van der Waals surface area (Å²) in [5.41, 5.74) is 9.69. The molecule has 0 saturated heterocycles. The molecule has 1 atom stereocenters. The van der Waals surface area contributed by atoms with Gasteiger partial charge in [-0.25, -0.2) is 4.39 Å². The molecule has 3 fully saturated rings. The molecular formula is C42H56FN. The SMILES string of the molecule is C=C/C(=C\C(=C/C)C(=C)NC(C)c1ccc(C(=C2CCCCC2)c2ccc(F)cc2)cc1)CC1CCCCC1.CC1CCC1. The van der Waals surface area contributed by atoms with E-state index in [4.69, 9.17) is 0 Å². The van der Waals surface area contributed by atoms with E-state index in [-0.39, 0.29) is 11.9 Å². The molecule has 1 unspecified atom stereocenters. The Kier molecular flexibility index (Phi) is 13.3. The number of nitrogens with one attached hydrogen (secondary N) is 1. The number of allylic oxidation sites excluding steroid dienone is 5. The van der Waals surface area contributed by atoms with Crippen molar-refractivity contribution in [2.75, 3.05) is 0 Å². The third-order valence-electron chi connectivity index (χ3n) is 9.94. The van der Waals surface area contributed by atoms with Crippen molar-refractivity contribution in [2.24, 2.45) is 11.8 Å². The lowest BCUT2D eigenvalue weighted by atomic mass is 9.84. The first kappa shape index (κ1) is 33.8. The highest BCUT2D eigenvalue weighted by atomic mass is 19.1. The first-order valence-electron chi connectivity index (χ1n) is 17.4. The van der Waals surface area contributed by atoms with Crippen molar-refractivity contribution in [3.63, 3.8) is 0 Å². The minimum absolute atomic E-state index is 0.122. The van der Waals surface area contributed by atoms with Crippen LogP contribution in [0.2, 0.25) is 0 Å². The molecule has 2 aromatic rings. The molecule has 0 bridgehead atoms. The van der Waals surface area contributed by atoms with Gasteiger partial charge in [0.2, 0.25) is 0 Å². The molecule has 2 aromatic carbocycles. The van der Waals surface area contributed by atoms with E-state index >= 15 is 0 Å². The van der Waals surface area contributed by atoms with E-state index < -0.39 is 0 Å². The predicted octanol–water partition coefficient (Wildman–Crippen LogP) is 12.6. The van der Waals surface area contributed by atoms with Crippen LogP contribution in [-0.2, 0) is 0 Å². The van der Waals surface area contributed by atoms with Gasteiger partial charge < -0.3 is 5.32 Å². The van der Waals surface area contributed by atoms with Gasteiger partial charge in [0.1, 0.15) is 5.82 Å². The van der Waals surface area contributed by atoms with E-state index in [2.05, 4.69) is 75.7 Å². The lowest BCUT2D eigenvalue weighted by Gasteiger charge is -2.23. The molecule has 236 valence electrons. The van der Waals surface area contributed by atoms with E-state index in [0.717, 1.165) is 47.9 Å². The maximum atomic E-state index is 13.7. The second-order valence-corrected chi connectivity index (χ2v) is 13.4. The van der Waals surface area contributed by atoms with Crippen LogP contribution in [0.4, 0.5) is 4.39 Å². The fourth-order valence-electron chi connectivity index (χ4n) is 6.87. The Hall–Kier alpha value is -3.13. The Bertz CT molecular complexity index is 1290. The molecule has 5 rings (SSSR count). The quantitative estimate of drug-likeness (QED) is 0.270. The molecule has 0 aliphatic heterocycles. The average Bonchev–Trinajstić information content (AvgIpc) is 3.04. The van der Waals surface area contributed by atoms with Crippen molar-refractivity contribution in [1.82, 2.24) is 5.32 Å². The van der Waals surface area contributed by atoms with Gasteiger partial charge in [0, 0.05) is 11.7 Å². The molecule has 3 aliphatic carbocycles. The smallest absolute Gasteiger partial charge is 0.123 e. The molecule has 0 radical (unpaired) electrons. The highest BCUT2D eigenvalue weighted by Gasteiger charge is 2.17. The van der Waals surface area contributed by atoms with Gasteiger partial charge in [-0.3, -0.25) is 0 Å². The summed E-state index contributed by atoms with van der Waals surface area (Å²) in [6.07, 6.45) is 24.8. The van der Waals surface area contributed by atoms with Gasteiger partial charge in [-0.05, 0) is 103 Å². The van der Waals surface area contributed by atoms with Crippen LogP contribution in [0.1, 0.15) is 133 Å². The summed E-state index contributed by atoms with van der Waals surface area (Å²) in [6.45, 7) is 15.1. The lowest BCUT2D eigenvalue weighted by Crippen LogP contribution is -2.18. The van der Waals surface area contributed by atoms with Crippen molar-refractivity contribution in [3.05, 3.63) is 125 Å². The van der Waals surface area contributed by atoms with E-state index in [9.17, 15) is 4.39 Å². The van der Waals surface area contributed by atoms with Crippen LogP contribution in [0.5, 0.6) is 0 Å². The third kappa shape index (κ3) is 9.94. The third-order valence-corrected chi connectivity index (χ3v) is 9.94. The highest BCUT2D eigenvalue weighted by Crippen LogP contribution is 2.36. The normalized spacial score (nSPS) is 18.9. The average molecular weight is 594 g/mol. The number of halogens is 1. The van der Waals surface area contributed by atoms with Gasteiger partial charge in [-0.2, -0.15) is 0 Å². The second-order valence-electron chi connectivity index (χ2n) is 13.4. The Labute approximate surface area is 268 Å². The largest absolute Gasteiger partial charge is 0.379 e. The first-order valence-corrected chi connectivity index (χ1v) is 17.4. The number of hydrogen-bond donors (Lipinski definition) is 1. The zero-order chi connectivity index (χ0) is 31.3. The summed E-state index contributed by atoms with van der Waals surface area (Å²) in [5, 5.41) is 3.63.